The lowest BCUT2D eigenvalue weighted by molar-refractivity contribution is 0.306. The molecule has 0 amide bonds. The van der Waals surface area contributed by atoms with Crippen LogP contribution in [0.15, 0.2) is 46.9 Å². The molecule has 0 spiro atoms. The first-order valence-electron chi connectivity index (χ1n) is 5.07. The molecule has 2 aromatic carbocycles. The first-order valence-corrected chi connectivity index (χ1v) is 5.87. The quantitative estimate of drug-likeness (QED) is 0.875. The maximum atomic E-state index is 13.0. The van der Waals surface area contributed by atoms with E-state index in [1.807, 2.05) is 12.1 Å². The molecular weight excluding hydrogens is 285 g/mol. The van der Waals surface area contributed by atoms with Gasteiger partial charge in [0, 0.05) is 11.8 Å². The lowest BCUT2D eigenvalue weighted by Gasteiger charge is -2.07. The summed E-state index contributed by atoms with van der Waals surface area (Å²) >= 11 is 3.13. The number of rotatable bonds is 3. The molecule has 0 atom stereocenters. The van der Waals surface area contributed by atoms with E-state index in [2.05, 4.69) is 15.9 Å². The van der Waals surface area contributed by atoms with Crippen LogP contribution in [0.2, 0.25) is 0 Å². The molecule has 0 heterocycles. The molecule has 2 nitrogen and oxygen atoms in total. The van der Waals surface area contributed by atoms with Crippen molar-refractivity contribution in [3.8, 4) is 5.75 Å². The first-order chi connectivity index (χ1) is 8.15. The second-order valence-electron chi connectivity index (χ2n) is 3.61. The summed E-state index contributed by atoms with van der Waals surface area (Å²) < 4.78 is 19.0. The molecule has 0 saturated heterocycles. The zero-order valence-electron chi connectivity index (χ0n) is 8.99. The monoisotopic (exact) mass is 295 g/mol. The minimum Gasteiger partial charge on any atom is -0.489 e. The molecule has 2 aromatic rings. The maximum absolute atomic E-state index is 13.0. The van der Waals surface area contributed by atoms with Crippen molar-refractivity contribution in [1.29, 1.82) is 0 Å². The van der Waals surface area contributed by atoms with E-state index in [-0.39, 0.29) is 5.82 Å². The second kappa shape index (κ2) is 5.19. The summed E-state index contributed by atoms with van der Waals surface area (Å²) in [6, 6.07) is 12.0. The van der Waals surface area contributed by atoms with E-state index in [1.165, 1.54) is 6.07 Å². The number of nitrogens with two attached hydrogens (primary N) is 1. The fourth-order valence-corrected chi connectivity index (χ4v) is 1.83. The van der Waals surface area contributed by atoms with Crippen LogP contribution in [0.3, 0.4) is 0 Å². The topological polar surface area (TPSA) is 35.2 Å². The summed E-state index contributed by atoms with van der Waals surface area (Å²) in [7, 11) is 0. The summed E-state index contributed by atoms with van der Waals surface area (Å²) in [6.45, 7) is 0.377. The predicted molar refractivity (Wildman–Crippen MR) is 69.3 cm³/mol. The number of benzene rings is 2. The van der Waals surface area contributed by atoms with Gasteiger partial charge in [-0.05, 0) is 45.8 Å². The van der Waals surface area contributed by atoms with E-state index in [1.54, 1.807) is 24.3 Å². The fraction of sp³-hybridized carbons (Fsp3) is 0.0769. The van der Waals surface area contributed by atoms with Crippen LogP contribution in [0.1, 0.15) is 5.56 Å². The second-order valence-corrected chi connectivity index (χ2v) is 4.46. The number of hydrogen-bond acceptors (Lipinski definition) is 2. The molecule has 4 heteroatoms. The highest BCUT2D eigenvalue weighted by atomic mass is 79.9. The van der Waals surface area contributed by atoms with Gasteiger partial charge in [-0.15, -0.1) is 0 Å². The highest BCUT2D eigenvalue weighted by Gasteiger charge is 2.01. The van der Waals surface area contributed by atoms with Crippen LogP contribution in [-0.4, -0.2) is 0 Å². The normalized spacial score (nSPS) is 10.2. The third-order valence-electron chi connectivity index (χ3n) is 2.25. The Morgan fingerprint density at radius 2 is 2.00 bits per heavy atom. The van der Waals surface area contributed by atoms with Crippen molar-refractivity contribution in [2.24, 2.45) is 0 Å². The Hall–Kier alpha value is -1.55. The van der Waals surface area contributed by atoms with Gasteiger partial charge in [0.05, 0.1) is 4.47 Å². The molecule has 0 fully saturated rings. The molecule has 0 aliphatic heterocycles. The van der Waals surface area contributed by atoms with Crippen molar-refractivity contribution < 1.29 is 9.13 Å². The van der Waals surface area contributed by atoms with Gasteiger partial charge in [0.1, 0.15) is 18.2 Å². The summed E-state index contributed by atoms with van der Waals surface area (Å²) in [6.07, 6.45) is 0. The number of anilines is 1. The van der Waals surface area contributed by atoms with Gasteiger partial charge in [0.2, 0.25) is 0 Å². The van der Waals surface area contributed by atoms with Crippen LogP contribution >= 0.6 is 15.9 Å². The summed E-state index contributed by atoms with van der Waals surface area (Å²) in [5.74, 6) is 0.420. The molecule has 0 bridgehead atoms. The first kappa shape index (κ1) is 11.9. The van der Waals surface area contributed by atoms with Gasteiger partial charge >= 0.3 is 0 Å². The predicted octanol–water partition coefficient (Wildman–Crippen LogP) is 3.75. The Balaban J connectivity index is 2.05. The lowest BCUT2D eigenvalue weighted by Crippen LogP contribution is -1.96. The average Bonchev–Trinajstić information content (AvgIpc) is 2.31. The molecule has 0 aliphatic carbocycles. The average molecular weight is 296 g/mol. The molecule has 2 rings (SSSR count). The fourth-order valence-electron chi connectivity index (χ4n) is 1.40. The third kappa shape index (κ3) is 3.20. The molecule has 2 N–H and O–H groups in total. The Morgan fingerprint density at radius 3 is 2.71 bits per heavy atom. The Labute approximate surface area is 107 Å². The van der Waals surface area contributed by atoms with E-state index < -0.39 is 0 Å². The number of halogens is 2. The van der Waals surface area contributed by atoms with Crippen molar-refractivity contribution >= 4 is 21.6 Å². The third-order valence-corrected chi connectivity index (χ3v) is 2.86. The molecule has 17 heavy (non-hydrogen) atoms. The van der Waals surface area contributed by atoms with E-state index in [9.17, 15) is 4.39 Å². The van der Waals surface area contributed by atoms with Crippen molar-refractivity contribution in [3.63, 3.8) is 0 Å². The molecule has 0 unspecified atom stereocenters. The van der Waals surface area contributed by atoms with Crippen LogP contribution in [0.25, 0.3) is 0 Å². The Kier molecular flexibility index (Phi) is 3.64. The van der Waals surface area contributed by atoms with Crippen LogP contribution in [0.5, 0.6) is 5.75 Å². The van der Waals surface area contributed by atoms with Gasteiger partial charge in [0.15, 0.2) is 0 Å². The van der Waals surface area contributed by atoms with Gasteiger partial charge in [-0.1, -0.05) is 12.1 Å². The highest BCUT2D eigenvalue weighted by Crippen LogP contribution is 2.19. The zero-order valence-corrected chi connectivity index (χ0v) is 10.6. The molecule has 0 aliphatic rings. The van der Waals surface area contributed by atoms with Crippen LogP contribution in [-0.2, 0) is 6.61 Å². The van der Waals surface area contributed by atoms with Gasteiger partial charge in [-0.3, -0.25) is 0 Å². The number of nitrogen functional groups attached to an aromatic ring is 1. The summed E-state index contributed by atoms with van der Waals surface area (Å²) in [5.41, 5.74) is 7.18. The minimum absolute atomic E-state index is 0.280. The van der Waals surface area contributed by atoms with Crippen molar-refractivity contribution in [2.75, 3.05) is 5.73 Å². The summed E-state index contributed by atoms with van der Waals surface area (Å²) in [5, 5.41) is 0. The highest BCUT2D eigenvalue weighted by molar-refractivity contribution is 9.10. The van der Waals surface area contributed by atoms with Crippen LogP contribution in [0.4, 0.5) is 10.1 Å². The van der Waals surface area contributed by atoms with Gasteiger partial charge in [-0.2, -0.15) is 0 Å². The smallest absolute Gasteiger partial charge is 0.137 e. The Bertz CT molecular complexity index is 531. The number of hydrogen-bond donors (Lipinski definition) is 1. The molecular formula is C13H11BrFNO. The van der Waals surface area contributed by atoms with E-state index in [0.717, 1.165) is 5.56 Å². The lowest BCUT2D eigenvalue weighted by atomic mass is 10.2. The minimum atomic E-state index is -0.280. The standard InChI is InChI=1S/C13H11BrFNO/c14-12-6-9(4-5-13(12)15)8-17-11-3-1-2-10(16)7-11/h1-7H,8,16H2. The van der Waals surface area contributed by atoms with Crippen molar-refractivity contribution in [3.05, 3.63) is 58.3 Å². The largest absolute Gasteiger partial charge is 0.489 e. The van der Waals surface area contributed by atoms with Gasteiger partial charge in [0.25, 0.3) is 0 Å². The van der Waals surface area contributed by atoms with Crippen molar-refractivity contribution in [2.45, 2.75) is 6.61 Å². The summed E-state index contributed by atoms with van der Waals surface area (Å²) in [4.78, 5) is 0. The van der Waals surface area contributed by atoms with E-state index in [0.29, 0.717) is 22.5 Å². The van der Waals surface area contributed by atoms with Crippen LogP contribution in [0, 0.1) is 5.82 Å². The molecule has 88 valence electrons. The molecule has 0 saturated carbocycles. The van der Waals surface area contributed by atoms with Crippen LogP contribution < -0.4 is 10.5 Å². The van der Waals surface area contributed by atoms with Gasteiger partial charge < -0.3 is 10.5 Å². The molecule has 0 aromatic heterocycles. The number of ether oxygens (including phenoxy) is 1. The zero-order chi connectivity index (χ0) is 12.3. The van der Waals surface area contributed by atoms with E-state index in [4.69, 9.17) is 10.5 Å². The Morgan fingerprint density at radius 1 is 1.18 bits per heavy atom. The SMILES string of the molecule is Nc1cccc(OCc2ccc(F)c(Br)c2)c1. The van der Waals surface area contributed by atoms with Gasteiger partial charge in [-0.25, -0.2) is 4.39 Å². The van der Waals surface area contributed by atoms with E-state index >= 15 is 0 Å². The molecule has 0 radical (unpaired) electrons. The maximum Gasteiger partial charge on any atom is 0.137 e. The van der Waals surface area contributed by atoms with Crippen molar-refractivity contribution in [1.82, 2.24) is 0 Å².